The van der Waals surface area contributed by atoms with Crippen LogP contribution in [0.25, 0.3) is 11.1 Å². The van der Waals surface area contributed by atoms with E-state index in [-0.39, 0.29) is 23.2 Å². The SMILES string of the molecule is COc1cc(C(N)=O)ncc1[C@H]1CC[C@@H](Nc2cc(-c3cnsc3)cn(CC(C)C)c2=O)CC1. The Labute approximate surface area is 203 Å². The average Bonchev–Trinajstić information content (AvgIpc) is 3.36. The first-order valence-electron chi connectivity index (χ1n) is 11.6. The molecule has 4 rings (SSSR count). The molecule has 0 aliphatic heterocycles. The third-order valence-corrected chi connectivity index (χ3v) is 6.89. The fraction of sp³-hybridized carbons (Fsp3) is 0.440. The summed E-state index contributed by atoms with van der Waals surface area (Å²) >= 11 is 1.40. The van der Waals surface area contributed by atoms with E-state index < -0.39 is 5.91 Å². The highest BCUT2D eigenvalue weighted by Crippen LogP contribution is 2.38. The summed E-state index contributed by atoms with van der Waals surface area (Å²) in [5.74, 6) is 0.722. The van der Waals surface area contributed by atoms with Crippen molar-refractivity contribution in [3.63, 3.8) is 0 Å². The zero-order chi connectivity index (χ0) is 24.2. The van der Waals surface area contributed by atoms with E-state index >= 15 is 0 Å². The van der Waals surface area contributed by atoms with Gasteiger partial charge in [-0.25, -0.2) is 4.37 Å². The van der Waals surface area contributed by atoms with E-state index in [0.717, 1.165) is 42.4 Å². The number of nitrogens with one attached hydrogen (secondary N) is 1. The molecule has 3 aromatic heterocycles. The highest BCUT2D eigenvalue weighted by molar-refractivity contribution is 7.03. The summed E-state index contributed by atoms with van der Waals surface area (Å²) < 4.78 is 11.5. The number of rotatable bonds is 8. The first kappa shape index (κ1) is 23.9. The summed E-state index contributed by atoms with van der Waals surface area (Å²) in [6, 6.07) is 3.77. The number of pyridine rings is 2. The fourth-order valence-corrected chi connectivity index (χ4v) is 5.15. The van der Waals surface area contributed by atoms with Gasteiger partial charge in [0.15, 0.2) is 0 Å². The first-order chi connectivity index (χ1) is 16.4. The van der Waals surface area contributed by atoms with E-state index in [1.807, 2.05) is 28.4 Å². The highest BCUT2D eigenvalue weighted by Gasteiger charge is 2.26. The lowest BCUT2D eigenvalue weighted by Crippen LogP contribution is -2.31. The summed E-state index contributed by atoms with van der Waals surface area (Å²) in [7, 11) is 1.59. The Kier molecular flexibility index (Phi) is 7.31. The van der Waals surface area contributed by atoms with E-state index in [1.165, 1.54) is 11.5 Å². The number of ether oxygens (including phenoxy) is 1. The fourth-order valence-electron chi connectivity index (χ4n) is 4.61. The molecule has 0 unspecified atom stereocenters. The van der Waals surface area contributed by atoms with Gasteiger partial charge >= 0.3 is 0 Å². The van der Waals surface area contributed by atoms with Crippen molar-refractivity contribution in [2.24, 2.45) is 11.7 Å². The Hall–Kier alpha value is -3.20. The molecule has 1 amide bonds. The number of carbonyl (C=O) groups excluding carboxylic acids is 1. The smallest absolute Gasteiger partial charge is 0.273 e. The van der Waals surface area contributed by atoms with Crippen molar-refractivity contribution in [2.45, 2.75) is 58.0 Å². The summed E-state index contributed by atoms with van der Waals surface area (Å²) in [6.45, 7) is 4.89. The molecule has 9 heteroatoms. The van der Waals surface area contributed by atoms with Gasteiger partial charge < -0.3 is 20.4 Å². The number of primary amides is 1. The molecule has 0 spiro atoms. The maximum atomic E-state index is 13.2. The van der Waals surface area contributed by atoms with Gasteiger partial charge in [0.25, 0.3) is 11.5 Å². The maximum absolute atomic E-state index is 13.2. The molecule has 0 atom stereocenters. The zero-order valence-corrected chi connectivity index (χ0v) is 20.6. The number of hydrogen-bond acceptors (Lipinski definition) is 7. The van der Waals surface area contributed by atoms with Gasteiger partial charge in [0, 0.05) is 59.3 Å². The van der Waals surface area contributed by atoms with Crippen LogP contribution in [-0.4, -0.2) is 33.0 Å². The van der Waals surface area contributed by atoms with Gasteiger partial charge in [-0.05, 0) is 55.1 Å². The van der Waals surface area contributed by atoms with Gasteiger partial charge in [0.1, 0.15) is 17.1 Å². The van der Waals surface area contributed by atoms with Gasteiger partial charge in [-0.3, -0.25) is 14.6 Å². The van der Waals surface area contributed by atoms with Crippen LogP contribution in [0.2, 0.25) is 0 Å². The molecular formula is C25H31N5O3S. The minimum Gasteiger partial charge on any atom is -0.496 e. The topological polar surface area (TPSA) is 112 Å². The van der Waals surface area contributed by atoms with Crippen molar-refractivity contribution < 1.29 is 9.53 Å². The molecule has 1 saturated carbocycles. The van der Waals surface area contributed by atoms with E-state index in [2.05, 4.69) is 28.5 Å². The molecule has 0 aromatic carbocycles. The molecule has 3 aromatic rings. The summed E-state index contributed by atoms with van der Waals surface area (Å²) in [4.78, 5) is 28.8. The first-order valence-corrected chi connectivity index (χ1v) is 12.4. The Bertz CT molecular complexity index is 1200. The lowest BCUT2D eigenvalue weighted by molar-refractivity contribution is 0.0995. The molecule has 1 fully saturated rings. The van der Waals surface area contributed by atoms with Gasteiger partial charge in [0.2, 0.25) is 0 Å². The summed E-state index contributed by atoms with van der Waals surface area (Å²) in [5.41, 5.74) is 9.22. The summed E-state index contributed by atoms with van der Waals surface area (Å²) in [6.07, 6.45) is 9.17. The van der Waals surface area contributed by atoms with Crippen molar-refractivity contribution in [3.05, 3.63) is 57.7 Å². The lowest BCUT2D eigenvalue weighted by Gasteiger charge is -2.30. The Morgan fingerprint density at radius 1 is 1.24 bits per heavy atom. The molecule has 0 bridgehead atoms. The van der Waals surface area contributed by atoms with Crippen LogP contribution in [-0.2, 0) is 6.54 Å². The number of nitrogens with two attached hydrogens (primary N) is 1. The third kappa shape index (κ3) is 5.30. The molecule has 0 radical (unpaired) electrons. The van der Waals surface area contributed by atoms with Crippen LogP contribution in [0.1, 0.15) is 61.5 Å². The number of hydrogen-bond donors (Lipinski definition) is 2. The predicted molar refractivity (Wildman–Crippen MR) is 135 cm³/mol. The number of nitrogens with zero attached hydrogens (tertiary/aromatic N) is 3. The molecule has 3 heterocycles. The second-order valence-corrected chi connectivity index (χ2v) is 9.93. The molecule has 1 aliphatic rings. The van der Waals surface area contributed by atoms with Crippen LogP contribution in [0.5, 0.6) is 5.75 Å². The van der Waals surface area contributed by atoms with Crippen LogP contribution >= 0.6 is 11.5 Å². The number of methoxy groups -OCH3 is 1. The molecular weight excluding hydrogens is 450 g/mol. The molecule has 34 heavy (non-hydrogen) atoms. The predicted octanol–water partition coefficient (Wildman–Crippen LogP) is 4.27. The normalized spacial score (nSPS) is 18.1. The van der Waals surface area contributed by atoms with E-state index in [9.17, 15) is 9.59 Å². The Balaban J connectivity index is 1.50. The molecule has 1 aliphatic carbocycles. The van der Waals surface area contributed by atoms with Crippen LogP contribution in [0.4, 0.5) is 5.69 Å². The van der Waals surface area contributed by atoms with Crippen molar-refractivity contribution in [2.75, 3.05) is 12.4 Å². The molecule has 0 saturated heterocycles. The van der Waals surface area contributed by atoms with Gasteiger partial charge in [-0.15, -0.1) is 0 Å². The molecule has 8 nitrogen and oxygen atoms in total. The second kappa shape index (κ2) is 10.4. The van der Waals surface area contributed by atoms with E-state index in [1.54, 1.807) is 19.4 Å². The van der Waals surface area contributed by atoms with Crippen LogP contribution < -0.4 is 21.3 Å². The Morgan fingerprint density at radius 2 is 2.00 bits per heavy atom. The van der Waals surface area contributed by atoms with Gasteiger partial charge in [-0.1, -0.05) is 13.8 Å². The quantitative estimate of drug-likeness (QED) is 0.497. The van der Waals surface area contributed by atoms with Crippen LogP contribution in [0, 0.1) is 5.92 Å². The van der Waals surface area contributed by atoms with Crippen molar-refractivity contribution in [1.82, 2.24) is 13.9 Å². The van der Waals surface area contributed by atoms with E-state index in [0.29, 0.717) is 23.9 Å². The zero-order valence-electron chi connectivity index (χ0n) is 19.8. The second-order valence-electron chi connectivity index (χ2n) is 9.28. The van der Waals surface area contributed by atoms with Crippen molar-refractivity contribution in [1.29, 1.82) is 0 Å². The number of carbonyl (C=O) groups is 1. The van der Waals surface area contributed by atoms with Crippen molar-refractivity contribution >= 4 is 23.1 Å². The number of amides is 1. The standard InChI is InChI=1S/C25H31N5O3S/c1-15(2)12-30-13-17(18-10-28-34-14-18)8-22(25(30)32)29-19-6-4-16(5-7-19)20-11-27-21(24(26)31)9-23(20)33-3/h8-11,13-16,19,29H,4-7,12H2,1-3H3,(H2,26,31)/t16-,19+. The van der Waals surface area contributed by atoms with E-state index in [4.69, 9.17) is 10.5 Å². The number of aromatic nitrogens is 3. The maximum Gasteiger partial charge on any atom is 0.273 e. The lowest BCUT2D eigenvalue weighted by atomic mass is 9.81. The number of anilines is 1. The minimum atomic E-state index is -0.568. The van der Waals surface area contributed by atoms with Crippen LogP contribution in [0.15, 0.2) is 40.9 Å². The van der Waals surface area contributed by atoms with Crippen LogP contribution in [0.3, 0.4) is 0 Å². The minimum absolute atomic E-state index is 0.00988. The largest absolute Gasteiger partial charge is 0.496 e. The van der Waals surface area contributed by atoms with Gasteiger partial charge in [0.05, 0.1) is 7.11 Å². The monoisotopic (exact) mass is 481 g/mol. The molecule has 3 N–H and O–H groups in total. The average molecular weight is 482 g/mol. The third-order valence-electron chi connectivity index (χ3n) is 6.31. The van der Waals surface area contributed by atoms with Gasteiger partial charge in [-0.2, -0.15) is 0 Å². The van der Waals surface area contributed by atoms with Crippen molar-refractivity contribution in [3.8, 4) is 16.9 Å². The highest BCUT2D eigenvalue weighted by atomic mass is 32.1. The Morgan fingerprint density at radius 3 is 2.62 bits per heavy atom. The molecule has 180 valence electrons. The summed E-state index contributed by atoms with van der Waals surface area (Å²) in [5, 5.41) is 5.53.